The summed E-state index contributed by atoms with van der Waals surface area (Å²) in [7, 11) is -2.51. The van der Waals surface area contributed by atoms with Crippen LogP contribution in [0, 0.1) is 11.7 Å². The van der Waals surface area contributed by atoms with Crippen molar-refractivity contribution in [3.05, 3.63) is 24.0 Å². The number of nitrogens with one attached hydrogen (secondary N) is 2. The molecular formula is C13H19FN2O4S. The second-order valence-electron chi connectivity index (χ2n) is 4.69. The van der Waals surface area contributed by atoms with Gasteiger partial charge in [-0.2, -0.15) is 0 Å². The zero-order chi connectivity index (χ0) is 16.2. The largest absolute Gasteiger partial charge is 0.480 e. The minimum absolute atomic E-state index is 0.0437. The third kappa shape index (κ3) is 4.15. The molecule has 6 nitrogen and oxygen atoms in total. The van der Waals surface area contributed by atoms with Crippen LogP contribution in [-0.4, -0.2) is 32.6 Å². The van der Waals surface area contributed by atoms with Crippen molar-refractivity contribution in [2.24, 2.45) is 5.92 Å². The van der Waals surface area contributed by atoms with Gasteiger partial charge in [-0.25, -0.2) is 22.3 Å². The highest BCUT2D eigenvalue weighted by Gasteiger charge is 2.24. The summed E-state index contributed by atoms with van der Waals surface area (Å²) in [6.45, 7) is 3.57. The number of benzene rings is 1. The molecule has 0 bridgehead atoms. The predicted molar refractivity (Wildman–Crippen MR) is 77.1 cm³/mol. The van der Waals surface area contributed by atoms with Crippen LogP contribution < -0.4 is 10.0 Å². The highest BCUT2D eigenvalue weighted by atomic mass is 32.2. The minimum Gasteiger partial charge on any atom is -0.480 e. The molecule has 0 aliphatic rings. The molecule has 1 rings (SSSR count). The van der Waals surface area contributed by atoms with E-state index in [1.165, 1.54) is 19.2 Å². The van der Waals surface area contributed by atoms with Crippen molar-refractivity contribution in [1.82, 2.24) is 4.72 Å². The van der Waals surface area contributed by atoms with Gasteiger partial charge in [0.2, 0.25) is 10.0 Å². The molecule has 21 heavy (non-hydrogen) atoms. The van der Waals surface area contributed by atoms with Gasteiger partial charge in [0.25, 0.3) is 0 Å². The third-order valence-electron chi connectivity index (χ3n) is 3.31. The van der Waals surface area contributed by atoms with E-state index in [1.807, 2.05) is 6.92 Å². The molecule has 2 atom stereocenters. The molecular weight excluding hydrogens is 299 g/mol. The zero-order valence-corrected chi connectivity index (χ0v) is 12.9. The summed E-state index contributed by atoms with van der Waals surface area (Å²) in [5.74, 6) is -2.11. The summed E-state index contributed by atoms with van der Waals surface area (Å²) in [5, 5.41) is 11.8. The van der Waals surface area contributed by atoms with Gasteiger partial charge < -0.3 is 10.4 Å². The number of halogens is 1. The molecule has 0 aliphatic heterocycles. The van der Waals surface area contributed by atoms with Crippen LogP contribution in [0.2, 0.25) is 0 Å². The average molecular weight is 318 g/mol. The summed E-state index contributed by atoms with van der Waals surface area (Å²) in [6, 6.07) is 2.34. The Hall–Kier alpha value is -1.67. The lowest BCUT2D eigenvalue weighted by Gasteiger charge is -2.21. The van der Waals surface area contributed by atoms with E-state index < -0.39 is 27.9 Å². The number of carbonyl (C=O) groups is 1. The molecule has 0 aliphatic carbocycles. The first-order chi connectivity index (χ1) is 9.72. The Morgan fingerprint density at radius 2 is 2.05 bits per heavy atom. The molecule has 0 spiro atoms. The van der Waals surface area contributed by atoms with Crippen molar-refractivity contribution < 1.29 is 22.7 Å². The number of carboxylic acids is 1. The molecule has 0 amide bonds. The lowest BCUT2D eigenvalue weighted by atomic mass is 9.99. The fraction of sp³-hybridized carbons (Fsp3) is 0.462. The number of sulfonamides is 1. The molecule has 8 heteroatoms. The van der Waals surface area contributed by atoms with E-state index in [2.05, 4.69) is 10.0 Å². The Morgan fingerprint density at radius 3 is 2.48 bits per heavy atom. The van der Waals surface area contributed by atoms with E-state index in [9.17, 15) is 17.6 Å². The molecule has 0 fully saturated rings. The van der Waals surface area contributed by atoms with Crippen molar-refractivity contribution in [2.45, 2.75) is 31.2 Å². The number of anilines is 1. The molecule has 0 unspecified atom stereocenters. The van der Waals surface area contributed by atoms with Gasteiger partial charge in [0, 0.05) is 0 Å². The van der Waals surface area contributed by atoms with E-state index >= 15 is 0 Å². The summed E-state index contributed by atoms with van der Waals surface area (Å²) >= 11 is 0. The van der Waals surface area contributed by atoms with Crippen LogP contribution in [0.5, 0.6) is 0 Å². The summed E-state index contributed by atoms with van der Waals surface area (Å²) in [4.78, 5) is 11.0. The second-order valence-corrected chi connectivity index (χ2v) is 6.58. The normalized spacial score (nSPS) is 14.5. The van der Waals surface area contributed by atoms with Gasteiger partial charge in [0.15, 0.2) is 0 Å². The molecule has 0 saturated carbocycles. The van der Waals surface area contributed by atoms with E-state index in [1.54, 1.807) is 6.92 Å². The second kappa shape index (κ2) is 6.86. The highest BCUT2D eigenvalue weighted by Crippen LogP contribution is 2.22. The van der Waals surface area contributed by atoms with E-state index in [0.29, 0.717) is 6.42 Å². The number of carboxylic acid groups (broad SMARTS) is 1. The maximum Gasteiger partial charge on any atom is 0.326 e. The van der Waals surface area contributed by atoms with Crippen LogP contribution in [0.15, 0.2) is 23.1 Å². The van der Waals surface area contributed by atoms with Crippen LogP contribution in [0.3, 0.4) is 0 Å². The van der Waals surface area contributed by atoms with Crippen LogP contribution in [0.4, 0.5) is 10.1 Å². The van der Waals surface area contributed by atoms with Crippen LogP contribution in [0.1, 0.15) is 20.3 Å². The quantitative estimate of drug-likeness (QED) is 0.710. The van der Waals surface area contributed by atoms with Crippen LogP contribution in [-0.2, 0) is 14.8 Å². The molecule has 1 aromatic rings. The third-order valence-corrected chi connectivity index (χ3v) is 4.72. The maximum atomic E-state index is 14.0. The van der Waals surface area contributed by atoms with Gasteiger partial charge >= 0.3 is 5.97 Å². The number of hydrogen-bond donors (Lipinski definition) is 3. The first-order valence-corrected chi connectivity index (χ1v) is 7.93. The maximum absolute atomic E-state index is 14.0. The number of aliphatic carboxylic acids is 1. The summed E-state index contributed by atoms with van der Waals surface area (Å²) < 4.78 is 39.2. The standard InChI is InChI=1S/C13H19FN2O4S/c1-4-8(2)12(13(17)18)16-11-6-5-9(7-10(11)14)21(19,20)15-3/h5-8,12,15-16H,4H2,1-3H3,(H,17,18)/t8-,12-/m0/s1. The molecule has 118 valence electrons. The monoisotopic (exact) mass is 318 g/mol. The topological polar surface area (TPSA) is 95.5 Å². The van der Waals surface area contributed by atoms with Crippen molar-refractivity contribution in [2.75, 3.05) is 12.4 Å². The molecule has 0 aromatic heterocycles. The van der Waals surface area contributed by atoms with Crippen molar-refractivity contribution >= 4 is 21.7 Å². The van der Waals surface area contributed by atoms with Gasteiger partial charge in [-0.3, -0.25) is 0 Å². The first kappa shape index (κ1) is 17.4. The Balaban J connectivity index is 3.08. The number of hydrogen-bond acceptors (Lipinski definition) is 4. The summed E-state index contributed by atoms with van der Waals surface area (Å²) in [6.07, 6.45) is 0.609. The Labute approximate surface area is 123 Å². The summed E-state index contributed by atoms with van der Waals surface area (Å²) in [5.41, 5.74) is -0.0437. The van der Waals surface area contributed by atoms with Gasteiger partial charge in [-0.15, -0.1) is 0 Å². The smallest absolute Gasteiger partial charge is 0.326 e. The van der Waals surface area contributed by atoms with Crippen molar-refractivity contribution in [3.8, 4) is 0 Å². The van der Waals surface area contributed by atoms with E-state index in [0.717, 1.165) is 6.07 Å². The number of rotatable bonds is 7. The van der Waals surface area contributed by atoms with Crippen LogP contribution in [0.25, 0.3) is 0 Å². The van der Waals surface area contributed by atoms with Crippen molar-refractivity contribution in [3.63, 3.8) is 0 Å². The molecule has 0 saturated heterocycles. The lowest BCUT2D eigenvalue weighted by Crippen LogP contribution is -2.35. The van der Waals surface area contributed by atoms with E-state index in [4.69, 9.17) is 5.11 Å². The molecule has 0 radical (unpaired) electrons. The van der Waals surface area contributed by atoms with E-state index in [-0.39, 0.29) is 16.5 Å². The molecule has 0 heterocycles. The van der Waals surface area contributed by atoms with Gasteiger partial charge in [-0.05, 0) is 31.2 Å². The fourth-order valence-electron chi connectivity index (χ4n) is 1.75. The first-order valence-electron chi connectivity index (χ1n) is 6.45. The van der Waals surface area contributed by atoms with Crippen LogP contribution >= 0.6 is 0 Å². The van der Waals surface area contributed by atoms with Crippen molar-refractivity contribution in [1.29, 1.82) is 0 Å². The average Bonchev–Trinajstić information content (AvgIpc) is 2.44. The lowest BCUT2D eigenvalue weighted by molar-refractivity contribution is -0.139. The van der Waals surface area contributed by atoms with Gasteiger partial charge in [-0.1, -0.05) is 20.3 Å². The van der Waals surface area contributed by atoms with Gasteiger partial charge in [0.05, 0.1) is 10.6 Å². The Bertz CT molecular complexity index is 619. The predicted octanol–water partition coefficient (Wildman–Crippen LogP) is 1.65. The molecule has 1 aromatic carbocycles. The van der Waals surface area contributed by atoms with Gasteiger partial charge in [0.1, 0.15) is 11.9 Å². The Morgan fingerprint density at radius 1 is 1.43 bits per heavy atom. The Kier molecular flexibility index (Phi) is 5.68. The molecule has 3 N–H and O–H groups in total. The highest BCUT2D eigenvalue weighted by molar-refractivity contribution is 7.89. The zero-order valence-electron chi connectivity index (χ0n) is 12.1. The SMILES string of the molecule is CC[C@H](C)[C@H](Nc1ccc(S(=O)(=O)NC)cc1F)C(=O)O. The fourth-order valence-corrected chi connectivity index (χ4v) is 2.49. The minimum atomic E-state index is -3.74.